The zero-order valence-electron chi connectivity index (χ0n) is 8.45. The van der Waals surface area contributed by atoms with Crippen molar-refractivity contribution in [3.05, 3.63) is 33.6 Å². The highest BCUT2D eigenvalue weighted by atomic mass is 35.5. The van der Waals surface area contributed by atoms with Crippen molar-refractivity contribution in [3.8, 4) is 17.0 Å². The van der Waals surface area contributed by atoms with Crippen LogP contribution in [0.3, 0.4) is 0 Å². The Morgan fingerprint density at radius 1 is 1.40 bits per heavy atom. The van der Waals surface area contributed by atoms with E-state index in [2.05, 4.69) is 4.98 Å². The normalized spacial score (nSPS) is 10.3. The van der Waals surface area contributed by atoms with Gasteiger partial charge in [0.2, 0.25) is 0 Å². The van der Waals surface area contributed by atoms with Crippen molar-refractivity contribution in [3.63, 3.8) is 0 Å². The SMILES string of the molecule is COc1ccc(Cl)cc1-c1csc(C)n1. The second-order valence-corrected chi connectivity index (χ2v) is 4.60. The van der Waals surface area contributed by atoms with Gasteiger partial charge in [0.05, 0.1) is 17.8 Å². The molecule has 78 valence electrons. The third-order valence-corrected chi connectivity index (χ3v) is 3.07. The minimum Gasteiger partial charge on any atom is -0.496 e. The van der Waals surface area contributed by atoms with Gasteiger partial charge in [0.15, 0.2) is 0 Å². The van der Waals surface area contributed by atoms with Crippen molar-refractivity contribution in [1.82, 2.24) is 4.98 Å². The summed E-state index contributed by atoms with van der Waals surface area (Å²) < 4.78 is 5.27. The molecule has 2 rings (SSSR count). The van der Waals surface area contributed by atoms with E-state index < -0.39 is 0 Å². The summed E-state index contributed by atoms with van der Waals surface area (Å²) in [6, 6.07) is 5.53. The summed E-state index contributed by atoms with van der Waals surface area (Å²) in [4.78, 5) is 4.41. The molecule has 1 aromatic carbocycles. The van der Waals surface area contributed by atoms with E-state index in [-0.39, 0.29) is 0 Å². The van der Waals surface area contributed by atoms with Gasteiger partial charge in [-0.3, -0.25) is 0 Å². The lowest BCUT2D eigenvalue weighted by Crippen LogP contribution is -1.88. The maximum absolute atomic E-state index is 5.95. The number of halogens is 1. The number of ether oxygens (including phenoxy) is 1. The molecule has 0 N–H and O–H groups in total. The van der Waals surface area contributed by atoms with Crippen LogP contribution in [0.4, 0.5) is 0 Å². The van der Waals surface area contributed by atoms with Crippen LogP contribution in [0.2, 0.25) is 5.02 Å². The highest BCUT2D eigenvalue weighted by Gasteiger charge is 2.09. The minimum atomic E-state index is 0.691. The Morgan fingerprint density at radius 2 is 2.20 bits per heavy atom. The highest BCUT2D eigenvalue weighted by Crippen LogP contribution is 2.32. The van der Waals surface area contributed by atoms with E-state index in [0.29, 0.717) is 5.02 Å². The van der Waals surface area contributed by atoms with Crippen LogP contribution in [0.15, 0.2) is 23.6 Å². The van der Waals surface area contributed by atoms with Crippen molar-refractivity contribution in [2.24, 2.45) is 0 Å². The van der Waals surface area contributed by atoms with Gasteiger partial charge < -0.3 is 4.74 Å². The summed E-state index contributed by atoms with van der Waals surface area (Å²) in [6.45, 7) is 1.98. The highest BCUT2D eigenvalue weighted by molar-refractivity contribution is 7.09. The Bertz CT molecular complexity index is 481. The molecule has 0 unspecified atom stereocenters. The lowest BCUT2D eigenvalue weighted by molar-refractivity contribution is 0.416. The first-order valence-corrected chi connectivity index (χ1v) is 5.72. The van der Waals surface area contributed by atoms with Crippen molar-refractivity contribution in [2.45, 2.75) is 6.92 Å². The molecule has 1 heterocycles. The molecule has 2 aromatic rings. The second-order valence-electron chi connectivity index (χ2n) is 3.10. The lowest BCUT2D eigenvalue weighted by atomic mass is 10.1. The number of hydrogen-bond donors (Lipinski definition) is 0. The average Bonchev–Trinajstić information content (AvgIpc) is 2.65. The van der Waals surface area contributed by atoms with Gasteiger partial charge in [0.1, 0.15) is 5.75 Å². The summed E-state index contributed by atoms with van der Waals surface area (Å²) in [6.07, 6.45) is 0. The molecule has 0 saturated carbocycles. The molecular formula is C11H10ClNOS. The van der Waals surface area contributed by atoms with Crippen LogP contribution in [-0.2, 0) is 0 Å². The molecule has 2 nitrogen and oxygen atoms in total. The third kappa shape index (κ3) is 2.13. The van der Waals surface area contributed by atoms with E-state index in [4.69, 9.17) is 16.3 Å². The van der Waals surface area contributed by atoms with Gasteiger partial charge in [0, 0.05) is 16.0 Å². The second kappa shape index (κ2) is 4.21. The van der Waals surface area contributed by atoms with E-state index in [1.807, 2.05) is 30.5 Å². The number of methoxy groups -OCH3 is 1. The van der Waals surface area contributed by atoms with E-state index in [0.717, 1.165) is 22.0 Å². The van der Waals surface area contributed by atoms with E-state index >= 15 is 0 Å². The van der Waals surface area contributed by atoms with Crippen LogP contribution in [0.1, 0.15) is 5.01 Å². The first kappa shape index (κ1) is 10.5. The van der Waals surface area contributed by atoms with Crippen LogP contribution in [0.5, 0.6) is 5.75 Å². The Balaban J connectivity index is 2.55. The third-order valence-electron chi connectivity index (χ3n) is 2.06. The fraction of sp³-hybridized carbons (Fsp3) is 0.182. The van der Waals surface area contributed by atoms with Crippen molar-refractivity contribution in [1.29, 1.82) is 0 Å². The summed E-state index contributed by atoms with van der Waals surface area (Å²) >= 11 is 7.57. The number of aryl methyl sites for hydroxylation is 1. The number of aromatic nitrogens is 1. The Kier molecular flexibility index (Phi) is 2.93. The Hall–Kier alpha value is -1.06. The summed E-state index contributed by atoms with van der Waals surface area (Å²) in [5.41, 5.74) is 1.85. The fourth-order valence-electron chi connectivity index (χ4n) is 1.37. The van der Waals surface area contributed by atoms with Crippen LogP contribution < -0.4 is 4.74 Å². The zero-order valence-corrected chi connectivity index (χ0v) is 10.0. The molecule has 0 amide bonds. The quantitative estimate of drug-likeness (QED) is 0.796. The summed E-state index contributed by atoms with van der Waals surface area (Å²) in [5.74, 6) is 0.796. The molecule has 0 aliphatic rings. The van der Waals surface area contributed by atoms with Gasteiger partial charge >= 0.3 is 0 Å². The van der Waals surface area contributed by atoms with Crippen LogP contribution in [-0.4, -0.2) is 12.1 Å². The number of nitrogens with zero attached hydrogens (tertiary/aromatic N) is 1. The van der Waals surface area contributed by atoms with Crippen molar-refractivity contribution >= 4 is 22.9 Å². The zero-order chi connectivity index (χ0) is 10.8. The number of benzene rings is 1. The molecule has 0 fully saturated rings. The molecule has 15 heavy (non-hydrogen) atoms. The smallest absolute Gasteiger partial charge is 0.128 e. The van der Waals surface area contributed by atoms with Crippen LogP contribution in [0.25, 0.3) is 11.3 Å². The molecule has 0 saturated heterocycles. The number of hydrogen-bond acceptors (Lipinski definition) is 3. The largest absolute Gasteiger partial charge is 0.496 e. The van der Waals surface area contributed by atoms with Gasteiger partial charge in [-0.05, 0) is 25.1 Å². The van der Waals surface area contributed by atoms with E-state index in [1.54, 1.807) is 18.4 Å². The summed E-state index contributed by atoms with van der Waals surface area (Å²) in [5, 5.41) is 3.73. The van der Waals surface area contributed by atoms with Crippen molar-refractivity contribution in [2.75, 3.05) is 7.11 Å². The number of rotatable bonds is 2. The first-order valence-electron chi connectivity index (χ1n) is 4.47. The maximum Gasteiger partial charge on any atom is 0.128 e. The van der Waals surface area contributed by atoms with Gasteiger partial charge in [-0.1, -0.05) is 11.6 Å². The molecule has 0 bridgehead atoms. The lowest BCUT2D eigenvalue weighted by Gasteiger charge is -2.06. The van der Waals surface area contributed by atoms with Gasteiger partial charge in [-0.25, -0.2) is 4.98 Å². The monoisotopic (exact) mass is 239 g/mol. The number of thiazole rings is 1. The molecule has 1 aromatic heterocycles. The molecule has 0 spiro atoms. The summed E-state index contributed by atoms with van der Waals surface area (Å²) in [7, 11) is 1.64. The predicted molar refractivity (Wildman–Crippen MR) is 63.8 cm³/mol. The van der Waals surface area contributed by atoms with Crippen molar-refractivity contribution < 1.29 is 4.74 Å². The molecule has 0 radical (unpaired) electrons. The maximum atomic E-state index is 5.95. The van der Waals surface area contributed by atoms with Gasteiger partial charge in [-0.15, -0.1) is 11.3 Å². The molecule has 0 aliphatic heterocycles. The predicted octanol–water partition coefficient (Wildman–Crippen LogP) is 3.78. The minimum absolute atomic E-state index is 0.691. The van der Waals surface area contributed by atoms with Crippen LogP contribution >= 0.6 is 22.9 Å². The first-order chi connectivity index (χ1) is 7.20. The van der Waals surface area contributed by atoms with Gasteiger partial charge in [0.25, 0.3) is 0 Å². The molecule has 4 heteroatoms. The standard InChI is InChI=1S/C11H10ClNOS/c1-7-13-10(6-15-7)9-5-8(12)3-4-11(9)14-2/h3-6H,1-2H3. The molecule has 0 aliphatic carbocycles. The average molecular weight is 240 g/mol. The Morgan fingerprint density at radius 3 is 2.80 bits per heavy atom. The van der Waals surface area contributed by atoms with E-state index in [9.17, 15) is 0 Å². The Labute approximate surface area is 97.5 Å². The van der Waals surface area contributed by atoms with E-state index in [1.165, 1.54) is 0 Å². The van der Waals surface area contributed by atoms with Gasteiger partial charge in [-0.2, -0.15) is 0 Å². The molecule has 0 atom stereocenters. The fourth-order valence-corrected chi connectivity index (χ4v) is 2.15. The molecular weight excluding hydrogens is 230 g/mol. The topological polar surface area (TPSA) is 22.1 Å². The van der Waals surface area contributed by atoms with Crippen LogP contribution in [0, 0.1) is 6.92 Å².